The molecule has 3 heteroatoms. The molecule has 0 aliphatic heterocycles. The quantitative estimate of drug-likeness (QED) is 0.777. The molecule has 0 saturated heterocycles. The van der Waals surface area contributed by atoms with Crippen LogP contribution in [0.4, 0.5) is 0 Å². The fourth-order valence-corrected chi connectivity index (χ4v) is 2.05. The van der Waals surface area contributed by atoms with E-state index in [9.17, 15) is 4.79 Å². The van der Waals surface area contributed by atoms with Gasteiger partial charge in [0.15, 0.2) is 6.29 Å². The first kappa shape index (κ1) is 14.4. The molecular weight excluding hydrogens is 250 g/mol. The highest BCUT2D eigenvalue weighted by molar-refractivity contribution is 5.72. The van der Waals surface area contributed by atoms with Gasteiger partial charge in [0.25, 0.3) is 0 Å². The van der Waals surface area contributed by atoms with Gasteiger partial charge >= 0.3 is 0 Å². The summed E-state index contributed by atoms with van der Waals surface area (Å²) in [7, 11) is 0. The van der Waals surface area contributed by atoms with Crippen molar-refractivity contribution in [1.82, 2.24) is 4.57 Å². The zero-order chi connectivity index (χ0) is 14.6. The third-order valence-corrected chi connectivity index (χ3v) is 3.31. The van der Waals surface area contributed by atoms with Crippen LogP contribution in [0.3, 0.4) is 0 Å². The molecule has 0 atom stereocenters. The normalized spacial score (nSPS) is 11.3. The van der Waals surface area contributed by atoms with Crippen molar-refractivity contribution in [2.75, 3.05) is 6.61 Å². The van der Waals surface area contributed by atoms with Gasteiger partial charge in [-0.05, 0) is 35.2 Å². The average molecular weight is 271 g/mol. The maximum atomic E-state index is 10.8. The van der Waals surface area contributed by atoms with Crippen molar-refractivity contribution in [1.29, 1.82) is 0 Å². The summed E-state index contributed by atoms with van der Waals surface area (Å²) in [5, 5.41) is 0. The standard InChI is InChI=1S/C17H21NO2/c1-17(2,3)14-6-8-16(9-7-14)20-12-11-18-10-4-5-15(18)13-19/h4-10,13H,11-12H2,1-3H3. The zero-order valence-corrected chi connectivity index (χ0v) is 12.3. The first-order valence-corrected chi connectivity index (χ1v) is 6.84. The Balaban J connectivity index is 1.90. The maximum Gasteiger partial charge on any atom is 0.166 e. The molecule has 0 saturated carbocycles. The van der Waals surface area contributed by atoms with Crippen LogP contribution in [0.2, 0.25) is 0 Å². The third-order valence-electron chi connectivity index (χ3n) is 3.31. The molecule has 1 aromatic carbocycles. The molecule has 2 aromatic rings. The second-order valence-electron chi connectivity index (χ2n) is 5.87. The molecule has 20 heavy (non-hydrogen) atoms. The number of ether oxygens (including phenoxy) is 1. The molecule has 0 bridgehead atoms. The molecule has 0 aliphatic carbocycles. The molecule has 0 radical (unpaired) electrons. The van der Waals surface area contributed by atoms with Crippen LogP contribution in [-0.2, 0) is 12.0 Å². The van der Waals surface area contributed by atoms with Crippen molar-refractivity contribution in [2.45, 2.75) is 32.7 Å². The van der Waals surface area contributed by atoms with E-state index in [4.69, 9.17) is 4.74 Å². The third kappa shape index (κ3) is 3.50. The highest BCUT2D eigenvalue weighted by Crippen LogP contribution is 2.24. The number of nitrogens with zero attached hydrogens (tertiary/aromatic N) is 1. The lowest BCUT2D eigenvalue weighted by Gasteiger charge is -2.19. The Hall–Kier alpha value is -2.03. The van der Waals surface area contributed by atoms with Crippen molar-refractivity contribution in [3.8, 4) is 5.75 Å². The molecule has 3 nitrogen and oxygen atoms in total. The predicted molar refractivity (Wildman–Crippen MR) is 80.5 cm³/mol. The lowest BCUT2D eigenvalue weighted by atomic mass is 9.87. The number of hydrogen-bond donors (Lipinski definition) is 0. The van der Waals surface area contributed by atoms with Gasteiger partial charge in [-0.1, -0.05) is 32.9 Å². The first-order chi connectivity index (χ1) is 9.50. The Kier molecular flexibility index (Phi) is 4.28. The fourth-order valence-electron chi connectivity index (χ4n) is 2.05. The van der Waals surface area contributed by atoms with Crippen molar-refractivity contribution in [3.05, 3.63) is 53.9 Å². The molecule has 1 aromatic heterocycles. The van der Waals surface area contributed by atoms with Gasteiger partial charge in [-0.2, -0.15) is 0 Å². The van der Waals surface area contributed by atoms with E-state index in [2.05, 4.69) is 32.9 Å². The van der Waals surface area contributed by atoms with E-state index >= 15 is 0 Å². The van der Waals surface area contributed by atoms with Gasteiger partial charge in [0.2, 0.25) is 0 Å². The molecular formula is C17H21NO2. The maximum absolute atomic E-state index is 10.8. The Morgan fingerprint density at radius 1 is 1.15 bits per heavy atom. The number of hydrogen-bond acceptors (Lipinski definition) is 2. The van der Waals surface area contributed by atoms with E-state index in [1.54, 1.807) is 6.07 Å². The zero-order valence-electron chi connectivity index (χ0n) is 12.3. The summed E-state index contributed by atoms with van der Waals surface area (Å²) in [6, 6.07) is 11.9. The van der Waals surface area contributed by atoms with Crippen LogP contribution in [0.25, 0.3) is 0 Å². The summed E-state index contributed by atoms with van der Waals surface area (Å²) in [6.45, 7) is 7.79. The number of benzene rings is 1. The molecule has 0 spiro atoms. The van der Waals surface area contributed by atoms with E-state index < -0.39 is 0 Å². The number of aromatic nitrogens is 1. The van der Waals surface area contributed by atoms with E-state index in [0.717, 1.165) is 12.0 Å². The molecule has 0 N–H and O–H groups in total. The minimum Gasteiger partial charge on any atom is -0.492 e. The van der Waals surface area contributed by atoms with Crippen molar-refractivity contribution in [3.63, 3.8) is 0 Å². The summed E-state index contributed by atoms with van der Waals surface area (Å²) >= 11 is 0. The molecule has 106 valence electrons. The van der Waals surface area contributed by atoms with E-state index in [-0.39, 0.29) is 5.41 Å². The van der Waals surface area contributed by atoms with E-state index in [1.807, 2.05) is 29.0 Å². The first-order valence-electron chi connectivity index (χ1n) is 6.84. The van der Waals surface area contributed by atoms with Gasteiger partial charge in [-0.25, -0.2) is 0 Å². The summed E-state index contributed by atoms with van der Waals surface area (Å²) in [4.78, 5) is 10.8. The van der Waals surface area contributed by atoms with E-state index in [0.29, 0.717) is 18.8 Å². The average Bonchev–Trinajstić information content (AvgIpc) is 2.86. The van der Waals surface area contributed by atoms with Crippen LogP contribution >= 0.6 is 0 Å². The van der Waals surface area contributed by atoms with Gasteiger partial charge in [0, 0.05) is 6.20 Å². The summed E-state index contributed by atoms with van der Waals surface area (Å²) in [5.74, 6) is 0.859. The van der Waals surface area contributed by atoms with Gasteiger partial charge < -0.3 is 9.30 Å². The highest BCUT2D eigenvalue weighted by Gasteiger charge is 2.12. The van der Waals surface area contributed by atoms with Crippen molar-refractivity contribution in [2.24, 2.45) is 0 Å². The molecule has 1 heterocycles. The van der Waals surface area contributed by atoms with Crippen LogP contribution in [-0.4, -0.2) is 17.5 Å². The molecule has 0 amide bonds. The molecule has 0 aliphatic rings. The minimum atomic E-state index is 0.155. The monoisotopic (exact) mass is 271 g/mol. The van der Waals surface area contributed by atoms with Crippen LogP contribution in [0.5, 0.6) is 5.75 Å². The van der Waals surface area contributed by atoms with Crippen LogP contribution in [0.15, 0.2) is 42.6 Å². The largest absolute Gasteiger partial charge is 0.492 e. The lowest BCUT2D eigenvalue weighted by Crippen LogP contribution is -2.11. The van der Waals surface area contributed by atoms with Crippen LogP contribution in [0.1, 0.15) is 36.8 Å². The lowest BCUT2D eigenvalue weighted by molar-refractivity contribution is 0.111. The molecule has 0 unspecified atom stereocenters. The second-order valence-corrected chi connectivity index (χ2v) is 5.87. The summed E-state index contributed by atoms with van der Waals surface area (Å²) in [5.41, 5.74) is 2.12. The Morgan fingerprint density at radius 3 is 2.45 bits per heavy atom. The number of carbonyl (C=O) groups excluding carboxylic acids is 1. The van der Waals surface area contributed by atoms with Gasteiger partial charge in [-0.15, -0.1) is 0 Å². The second kappa shape index (κ2) is 5.95. The summed E-state index contributed by atoms with van der Waals surface area (Å²) in [6.07, 6.45) is 2.74. The predicted octanol–water partition coefficient (Wildman–Crippen LogP) is 3.68. The topological polar surface area (TPSA) is 31.2 Å². The Morgan fingerprint density at radius 2 is 1.85 bits per heavy atom. The highest BCUT2D eigenvalue weighted by atomic mass is 16.5. The number of carbonyl (C=O) groups is 1. The van der Waals surface area contributed by atoms with Gasteiger partial charge in [0.05, 0.1) is 12.2 Å². The van der Waals surface area contributed by atoms with E-state index in [1.165, 1.54) is 5.56 Å². The molecule has 2 rings (SSSR count). The number of rotatable bonds is 5. The molecule has 0 fully saturated rings. The Bertz CT molecular complexity index is 561. The van der Waals surface area contributed by atoms with Crippen LogP contribution < -0.4 is 4.74 Å². The van der Waals surface area contributed by atoms with Gasteiger partial charge in [-0.3, -0.25) is 4.79 Å². The fraction of sp³-hybridized carbons (Fsp3) is 0.353. The van der Waals surface area contributed by atoms with Gasteiger partial charge in [0.1, 0.15) is 12.4 Å². The van der Waals surface area contributed by atoms with Crippen LogP contribution in [0, 0.1) is 0 Å². The SMILES string of the molecule is CC(C)(C)c1ccc(OCCn2cccc2C=O)cc1. The minimum absolute atomic E-state index is 0.155. The van der Waals surface area contributed by atoms with Crippen molar-refractivity contribution < 1.29 is 9.53 Å². The number of aldehydes is 1. The summed E-state index contributed by atoms with van der Waals surface area (Å²) < 4.78 is 7.60. The van der Waals surface area contributed by atoms with Crippen molar-refractivity contribution >= 4 is 6.29 Å². The Labute approximate surface area is 120 Å². The smallest absolute Gasteiger partial charge is 0.166 e.